The average molecular weight is 377 g/mol. The Morgan fingerprint density at radius 2 is 1.93 bits per heavy atom. The minimum Gasteiger partial charge on any atom is -0.277 e. The number of hydrogen-bond donors (Lipinski definition) is 0. The summed E-state index contributed by atoms with van der Waals surface area (Å²) < 4.78 is 2.78. The van der Waals surface area contributed by atoms with Gasteiger partial charge in [0.05, 0.1) is 22.5 Å². The molecule has 0 N–H and O–H groups in total. The second kappa shape index (κ2) is 7.28. The topological polar surface area (TPSA) is 63.9 Å². The average Bonchev–Trinajstić information content (AvgIpc) is 3.33. The highest BCUT2D eigenvalue weighted by molar-refractivity contribution is 7.22. The molecule has 0 saturated carbocycles. The molecule has 4 rings (SSSR count). The van der Waals surface area contributed by atoms with Gasteiger partial charge in [-0.15, -0.1) is 0 Å². The second-order valence-electron chi connectivity index (χ2n) is 6.43. The van der Waals surface area contributed by atoms with Crippen molar-refractivity contribution in [2.24, 2.45) is 0 Å². The first kappa shape index (κ1) is 17.4. The summed E-state index contributed by atoms with van der Waals surface area (Å²) in [7, 11) is 0. The normalized spacial score (nSPS) is 11.2. The van der Waals surface area contributed by atoms with Gasteiger partial charge in [-0.1, -0.05) is 29.5 Å². The number of carbonyl (C=O) groups is 1. The van der Waals surface area contributed by atoms with Crippen LogP contribution >= 0.6 is 11.3 Å². The molecular formula is C20H19N5OS. The maximum absolute atomic E-state index is 13.4. The smallest absolute Gasteiger partial charge is 0.277 e. The van der Waals surface area contributed by atoms with E-state index in [1.165, 1.54) is 11.3 Å². The van der Waals surface area contributed by atoms with Gasteiger partial charge in [0.1, 0.15) is 5.69 Å². The van der Waals surface area contributed by atoms with Crippen molar-refractivity contribution in [1.29, 1.82) is 0 Å². The molecule has 0 spiro atoms. The SMILES string of the molecule is CC(C)n1nccc1C(=O)N(Cc1ccccn1)c1nc2ccccc2s1. The van der Waals surface area contributed by atoms with E-state index in [9.17, 15) is 4.79 Å². The highest BCUT2D eigenvalue weighted by atomic mass is 32.1. The summed E-state index contributed by atoms with van der Waals surface area (Å²) in [5, 5.41) is 4.96. The number of para-hydroxylation sites is 1. The summed E-state index contributed by atoms with van der Waals surface area (Å²) in [4.78, 5) is 24.2. The minimum atomic E-state index is -0.133. The Bertz CT molecular complexity index is 1040. The van der Waals surface area contributed by atoms with Crippen LogP contribution in [-0.4, -0.2) is 25.7 Å². The number of thiazole rings is 1. The molecule has 7 heteroatoms. The van der Waals surface area contributed by atoms with Crippen LogP contribution in [-0.2, 0) is 6.54 Å². The van der Waals surface area contributed by atoms with E-state index >= 15 is 0 Å². The van der Waals surface area contributed by atoms with Crippen molar-refractivity contribution in [3.63, 3.8) is 0 Å². The van der Waals surface area contributed by atoms with E-state index in [1.807, 2.05) is 56.3 Å². The minimum absolute atomic E-state index is 0.0889. The van der Waals surface area contributed by atoms with Gasteiger partial charge in [-0.2, -0.15) is 5.10 Å². The molecule has 1 aromatic carbocycles. The molecule has 0 unspecified atom stereocenters. The van der Waals surface area contributed by atoms with E-state index in [4.69, 9.17) is 0 Å². The van der Waals surface area contributed by atoms with Crippen LogP contribution in [0.2, 0.25) is 0 Å². The number of hydrogen-bond acceptors (Lipinski definition) is 5. The van der Waals surface area contributed by atoms with E-state index < -0.39 is 0 Å². The lowest BCUT2D eigenvalue weighted by atomic mass is 10.3. The summed E-state index contributed by atoms with van der Waals surface area (Å²) in [6, 6.07) is 15.4. The van der Waals surface area contributed by atoms with Crippen LogP contribution in [0.4, 0.5) is 5.13 Å². The van der Waals surface area contributed by atoms with Crippen molar-refractivity contribution in [3.05, 3.63) is 72.3 Å². The highest BCUT2D eigenvalue weighted by Crippen LogP contribution is 2.30. The molecule has 1 amide bonds. The van der Waals surface area contributed by atoms with E-state index in [1.54, 1.807) is 28.0 Å². The Hall–Kier alpha value is -3.06. The maximum atomic E-state index is 13.4. The Balaban J connectivity index is 1.77. The predicted molar refractivity (Wildman–Crippen MR) is 107 cm³/mol. The first-order chi connectivity index (χ1) is 13.1. The van der Waals surface area contributed by atoms with Crippen LogP contribution < -0.4 is 4.90 Å². The molecular weight excluding hydrogens is 358 g/mol. The van der Waals surface area contributed by atoms with Crippen molar-refractivity contribution >= 4 is 32.6 Å². The fourth-order valence-corrected chi connectivity index (χ4v) is 3.85. The standard InChI is InChI=1S/C20H19N5OS/c1-14(2)25-17(10-12-22-25)19(26)24(13-15-7-5-6-11-21-15)20-23-16-8-3-4-9-18(16)27-20/h3-12,14H,13H2,1-2H3. The van der Waals surface area contributed by atoms with Crippen molar-refractivity contribution in [2.45, 2.75) is 26.4 Å². The van der Waals surface area contributed by atoms with Crippen molar-refractivity contribution in [3.8, 4) is 0 Å². The Morgan fingerprint density at radius 3 is 2.67 bits per heavy atom. The number of aromatic nitrogens is 4. The van der Waals surface area contributed by atoms with E-state index in [0.717, 1.165) is 15.9 Å². The predicted octanol–water partition coefficient (Wildman–Crippen LogP) is 4.32. The summed E-state index contributed by atoms with van der Waals surface area (Å²) in [6.07, 6.45) is 3.39. The van der Waals surface area contributed by atoms with Gasteiger partial charge >= 0.3 is 0 Å². The third-order valence-electron chi connectivity index (χ3n) is 4.18. The first-order valence-electron chi connectivity index (χ1n) is 8.74. The molecule has 0 aliphatic rings. The molecule has 27 heavy (non-hydrogen) atoms. The molecule has 3 heterocycles. The zero-order valence-electron chi connectivity index (χ0n) is 15.1. The number of fused-ring (bicyclic) bond motifs is 1. The van der Waals surface area contributed by atoms with E-state index in [2.05, 4.69) is 15.1 Å². The third kappa shape index (κ3) is 3.46. The number of nitrogens with zero attached hydrogens (tertiary/aromatic N) is 5. The molecule has 6 nitrogen and oxygen atoms in total. The molecule has 0 aliphatic carbocycles. The summed E-state index contributed by atoms with van der Waals surface area (Å²) in [5.41, 5.74) is 2.23. The number of pyridine rings is 1. The number of benzene rings is 1. The molecule has 0 radical (unpaired) electrons. The fourth-order valence-electron chi connectivity index (χ4n) is 2.89. The molecule has 0 bridgehead atoms. The first-order valence-corrected chi connectivity index (χ1v) is 9.56. The van der Waals surface area contributed by atoms with Gasteiger partial charge in [-0.05, 0) is 44.2 Å². The quantitative estimate of drug-likeness (QED) is 0.520. The van der Waals surface area contributed by atoms with Gasteiger partial charge in [0, 0.05) is 18.4 Å². The van der Waals surface area contributed by atoms with Crippen molar-refractivity contribution in [2.75, 3.05) is 4.90 Å². The number of amides is 1. The molecule has 3 aromatic heterocycles. The molecule has 0 saturated heterocycles. The molecule has 4 aromatic rings. The molecule has 0 fully saturated rings. The summed E-state index contributed by atoms with van der Waals surface area (Å²) in [5.74, 6) is -0.133. The van der Waals surface area contributed by atoms with Gasteiger partial charge in [-0.25, -0.2) is 4.98 Å². The largest absolute Gasteiger partial charge is 0.278 e. The van der Waals surface area contributed by atoms with Gasteiger partial charge in [0.25, 0.3) is 5.91 Å². The van der Waals surface area contributed by atoms with E-state index in [-0.39, 0.29) is 11.9 Å². The summed E-state index contributed by atoms with van der Waals surface area (Å²) in [6.45, 7) is 4.36. The number of anilines is 1. The molecule has 136 valence electrons. The zero-order chi connectivity index (χ0) is 18.8. The van der Waals surface area contributed by atoms with Gasteiger partial charge < -0.3 is 0 Å². The van der Waals surface area contributed by atoms with Crippen molar-refractivity contribution in [1.82, 2.24) is 19.7 Å². The van der Waals surface area contributed by atoms with Gasteiger partial charge in [-0.3, -0.25) is 19.4 Å². The van der Waals surface area contributed by atoms with Crippen LogP contribution in [0.5, 0.6) is 0 Å². The van der Waals surface area contributed by atoms with Crippen LogP contribution in [0.3, 0.4) is 0 Å². The number of carbonyl (C=O) groups excluding carboxylic acids is 1. The van der Waals surface area contributed by atoms with Crippen LogP contribution in [0.1, 0.15) is 36.1 Å². The Morgan fingerprint density at radius 1 is 1.11 bits per heavy atom. The number of rotatable bonds is 5. The Kier molecular flexibility index (Phi) is 4.68. The fraction of sp³-hybridized carbons (Fsp3) is 0.200. The van der Waals surface area contributed by atoms with Crippen LogP contribution in [0, 0.1) is 0 Å². The third-order valence-corrected chi connectivity index (χ3v) is 5.24. The van der Waals surface area contributed by atoms with Gasteiger partial charge in [0.2, 0.25) is 0 Å². The van der Waals surface area contributed by atoms with Crippen molar-refractivity contribution < 1.29 is 4.79 Å². The van der Waals surface area contributed by atoms with E-state index in [0.29, 0.717) is 17.4 Å². The van der Waals surface area contributed by atoms with Crippen LogP contribution in [0.25, 0.3) is 10.2 Å². The zero-order valence-corrected chi connectivity index (χ0v) is 15.9. The lowest BCUT2D eigenvalue weighted by Crippen LogP contribution is -2.32. The summed E-state index contributed by atoms with van der Waals surface area (Å²) >= 11 is 1.50. The monoisotopic (exact) mass is 377 g/mol. The van der Waals surface area contributed by atoms with Gasteiger partial charge in [0.15, 0.2) is 5.13 Å². The second-order valence-corrected chi connectivity index (χ2v) is 7.44. The molecule has 0 atom stereocenters. The highest BCUT2D eigenvalue weighted by Gasteiger charge is 2.25. The lowest BCUT2D eigenvalue weighted by Gasteiger charge is -2.21. The Labute approximate surface area is 161 Å². The maximum Gasteiger partial charge on any atom is 0.278 e. The molecule has 0 aliphatic heterocycles. The lowest BCUT2D eigenvalue weighted by molar-refractivity contribution is 0.0972. The van der Waals surface area contributed by atoms with Crippen LogP contribution in [0.15, 0.2) is 60.9 Å².